The van der Waals surface area contributed by atoms with Gasteiger partial charge in [0.15, 0.2) is 0 Å². The fourth-order valence-corrected chi connectivity index (χ4v) is 1.90. The van der Waals surface area contributed by atoms with Gasteiger partial charge in [-0.1, -0.05) is 6.07 Å². The Morgan fingerprint density at radius 3 is 2.67 bits per heavy atom. The Kier molecular flexibility index (Phi) is 7.21. The maximum absolute atomic E-state index is 12.0. The average molecular weight is 332 g/mol. The second kappa shape index (κ2) is 8.89. The predicted molar refractivity (Wildman–Crippen MR) is 90.9 cm³/mol. The monoisotopic (exact) mass is 332 g/mol. The van der Waals surface area contributed by atoms with Gasteiger partial charge in [-0.25, -0.2) is 15.6 Å². The molecule has 1 aromatic rings. The third-order valence-corrected chi connectivity index (χ3v) is 3.01. The molecule has 0 aliphatic carbocycles. The topological polar surface area (TPSA) is 108 Å². The van der Waals surface area contributed by atoms with E-state index in [4.69, 9.17) is 15.8 Å². The van der Waals surface area contributed by atoms with Crippen molar-refractivity contribution >= 4 is 17.7 Å². The quantitative estimate of drug-likeness (QED) is 0.360. The van der Waals surface area contributed by atoms with Crippen LogP contribution in [0.2, 0.25) is 0 Å². The molecular formula is C17H24N4O3. The standard InChI is InChI=1S/C17H24N4O3/c1-17(2,3)24-16(23)20-10-5-4-9-15(22)21(19)14-8-6-7-13(11-14)12-18/h6-8,11H,4-5,9-10,19H2,1-3H3,(H,20,23). The van der Waals surface area contributed by atoms with Gasteiger partial charge in [0.25, 0.3) is 0 Å². The van der Waals surface area contributed by atoms with E-state index in [1.165, 1.54) is 0 Å². The van der Waals surface area contributed by atoms with Crippen molar-refractivity contribution in [3.8, 4) is 6.07 Å². The third-order valence-electron chi connectivity index (χ3n) is 3.01. The highest BCUT2D eigenvalue weighted by Crippen LogP contribution is 2.14. The van der Waals surface area contributed by atoms with E-state index in [1.807, 2.05) is 6.07 Å². The van der Waals surface area contributed by atoms with Crippen molar-refractivity contribution in [1.82, 2.24) is 5.32 Å². The molecule has 7 heteroatoms. The van der Waals surface area contributed by atoms with Crippen molar-refractivity contribution in [3.05, 3.63) is 29.8 Å². The van der Waals surface area contributed by atoms with Gasteiger partial charge in [-0.15, -0.1) is 0 Å². The normalized spacial score (nSPS) is 10.6. The Hall–Kier alpha value is -2.59. The number of unbranched alkanes of at least 4 members (excludes halogenated alkanes) is 1. The minimum Gasteiger partial charge on any atom is -0.444 e. The Morgan fingerprint density at radius 2 is 2.04 bits per heavy atom. The van der Waals surface area contributed by atoms with Gasteiger partial charge in [0.05, 0.1) is 17.3 Å². The second-order valence-corrected chi connectivity index (χ2v) is 6.31. The molecule has 2 amide bonds. The van der Waals surface area contributed by atoms with Crippen LogP contribution in [-0.2, 0) is 9.53 Å². The maximum Gasteiger partial charge on any atom is 0.407 e. The zero-order valence-corrected chi connectivity index (χ0v) is 14.3. The van der Waals surface area contributed by atoms with E-state index in [1.54, 1.807) is 45.0 Å². The predicted octanol–water partition coefficient (Wildman–Crippen LogP) is 2.46. The molecule has 130 valence electrons. The minimum atomic E-state index is -0.530. The summed E-state index contributed by atoms with van der Waals surface area (Å²) in [6.45, 7) is 5.81. The van der Waals surface area contributed by atoms with E-state index in [2.05, 4.69) is 5.32 Å². The number of anilines is 1. The summed E-state index contributed by atoms with van der Waals surface area (Å²) in [6.07, 6.45) is 1.00. The fraction of sp³-hybridized carbons (Fsp3) is 0.471. The van der Waals surface area contributed by atoms with Crippen molar-refractivity contribution in [2.45, 2.75) is 45.6 Å². The highest BCUT2D eigenvalue weighted by molar-refractivity contribution is 5.92. The second-order valence-electron chi connectivity index (χ2n) is 6.31. The van der Waals surface area contributed by atoms with Gasteiger partial charge in [-0.3, -0.25) is 4.79 Å². The maximum atomic E-state index is 12.0. The highest BCUT2D eigenvalue weighted by atomic mass is 16.6. The Labute approximate surface area is 142 Å². The zero-order chi connectivity index (χ0) is 18.2. The molecule has 0 aromatic heterocycles. The van der Waals surface area contributed by atoms with E-state index in [0.29, 0.717) is 30.6 Å². The number of hydrazine groups is 1. The molecule has 0 bridgehead atoms. The molecule has 0 spiro atoms. The minimum absolute atomic E-state index is 0.248. The highest BCUT2D eigenvalue weighted by Gasteiger charge is 2.16. The van der Waals surface area contributed by atoms with Crippen LogP contribution in [-0.4, -0.2) is 24.1 Å². The molecule has 1 rings (SSSR count). The van der Waals surface area contributed by atoms with E-state index < -0.39 is 11.7 Å². The first-order valence-electron chi connectivity index (χ1n) is 7.77. The lowest BCUT2D eigenvalue weighted by atomic mass is 10.2. The molecule has 24 heavy (non-hydrogen) atoms. The summed E-state index contributed by atoms with van der Waals surface area (Å²) in [7, 11) is 0. The summed E-state index contributed by atoms with van der Waals surface area (Å²) >= 11 is 0. The molecule has 1 aromatic carbocycles. The number of hydrogen-bond acceptors (Lipinski definition) is 5. The number of nitrogens with zero attached hydrogens (tertiary/aromatic N) is 2. The first kappa shape index (κ1) is 19.5. The van der Waals surface area contributed by atoms with Gasteiger partial charge in [-0.05, 0) is 51.8 Å². The molecule has 0 unspecified atom stereocenters. The molecule has 0 radical (unpaired) electrons. The number of ether oxygens (including phenoxy) is 1. The van der Waals surface area contributed by atoms with Crippen LogP contribution in [0.1, 0.15) is 45.6 Å². The lowest BCUT2D eigenvalue weighted by Crippen LogP contribution is -2.37. The number of nitrogens with two attached hydrogens (primary N) is 1. The van der Waals surface area contributed by atoms with Crippen molar-refractivity contribution in [2.24, 2.45) is 5.84 Å². The number of nitrogens with one attached hydrogen (secondary N) is 1. The van der Waals surface area contributed by atoms with Gasteiger partial charge in [-0.2, -0.15) is 5.26 Å². The summed E-state index contributed by atoms with van der Waals surface area (Å²) in [4.78, 5) is 23.5. The number of hydrogen-bond donors (Lipinski definition) is 2. The van der Waals surface area contributed by atoms with Crippen LogP contribution in [0.4, 0.5) is 10.5 Å². The van der Waals surface area contributed by atoms with Gasteiger partial charge in [0.2, 0.25) is 5.91 Å². The summed E-state index contributed by atoms with van der Waals surface area (Å²) < 4.78 is 5.11. The summed E-state index contributed by atoms with van der Waals surface area (Å²) in [5.74, 6) is 5.53. The van der Waals surface area contributed by atoms with Crippen LogP contribution in [0.15, 0.2) is 24.3 Å². The number of amides is 2. The lowest BCUT2D eigenvalue weighted by molar-refractivity contribution is -0.118. The van der Waals surface area contributed by atoms with Gasteiger partial charge >= 0.3 is 6.09 Å². The Bertz CT molecular complexity index is 617. The number of alkyl carbamates (subject to hydrolysis) is 1. The van der Waals surface area contributed by atoms with Crippen molar-refractivity contribution in [2.75, 3.05) is 11.6 Å². The smallest absolute Gasteiger partial charge is 0.407 e. The molecule has 0 atom stereocenters. The van der Waals surface area contributed by atoms with Crippen molar-refractivity contribution in [1.29, 1.82) is 5.26 Å². The van der Waals surface area contributed by atoms with Crippen molar-refractivity contribution < 1.29 is 14.3 Å². The summed E-state index contributed by atoms with van der Waals surface area (Å²) in [5, 5.41) is 12.5. The molecule has 0 heterocycles. The summed E-state index contributed by atoms with van der Waals surface area (Å²) in [6, 6.07) is 8.54. The van der Waals surface area contributed by atoms with Crippen LogP contribution >= 0.6 is 0 Å². The van der Waals surface area contributed by atoms with Crippen LogP contribution in [0.3, 0.4) is 0 Å². The van der Waals surface area contributed by atoms with Crippen LogP contribution in [0.25, 0.3) is 0 Å². The number of carbonyl (C=O) groups is 2. The number of rotatable bonds is 6. The van der Waals surface area contributed by atoms with E-state index >= 15 is 0 Å². The zero-order valence-electron chi connectivity index (χ0n) is 14.3. The molecule has 0 aliphatic heterocycles. The fourth-order valence-electron chi connectivity index (χ4n) is 1.90. The SMILES string of the molecule is CC(C)(C)OC(=O)NCCCCC(=O)N(N)c1cccc(C#N)c1. The Morgan fingerprint density at radius 1 is 1.33 bits per heavy atom. The molecule has 0 saturated heterocycles. The third kappa shape index (κ3) is 7.11. The number of benzene rings is 1. The van der Waals surface area contributed by atoms with Crippen LogP contribution < -0.4 is 16.2 Å². The largest absolute Gasteiger partial charge is 0.444 e. The molecule has 0 saturated carbocycles. The van der Waals surface area contributed by atoms with E-state index in [0.717, 1.165) is 5.01 Å². The molecule has 0 aliphatic rings. The van der Waals surface area contributed by atoms with Crippen molar-refractivity contribution in [3.63, 3.8) is 0 Å². The van der Waals surface area contributed by atoms with E-state index in [-0.39, 0.29) is 12.3 Å². The van der Waals surface area contributed by atoms with E-state index in [9.17, 15) is 9.59 Å². The first-order valence-corrected chi connectivity index (χ1v) is 7.77. The number of nitriles is 1. The van der Waals surface area contributed by atoms with Crippen LogP contribution in [0.5, 0.6) is 0 Å². The average Bonchev–Trinajstić information content (AvgIpc) is 2.52. The van der Waals surface area contributed by atoms with Gasteiger partial charge in [0.1, 0.15) is 5.60 Å². The molecular weight excluding hydrogens is 308 g/mol. The Balaban J connectivity index is 2.31. The first-order chi connectivity index (χ1) is 11.2. The molecule has 0 fully saturated rings. The van der Waals surface area contributed by atoms with Gasteiger partial charge in [0, 0.05) is 13.0 Å². The lowest BCUT2D eigenvalue weighted by Gasteiger charge is -2.19. The summed E-state index contributed by atoms with van der Waals surface area (Å²) in [5.41, 5.74) is 0.390. The van der Waals surface area contributed by atoms with Gasteiger partial charge < -0.3 is 10.1 Å². The molecule has 7 nitrogen and oxygen atoms in total. The van der Waals surface area contributed by atoms with Crippen LogP contribution in [0, 0.1) is 11.3 Å². The molecule has 3 N–H and O–H groups in total. The number of carbonyl (C=O) groups excluding carboxylic acids is 2.